The molecule has 0 aliphatic carbocycles. The molecule has 1 aromatic heterocycles. The first-order valence-electron chi connectivity index (χ1n) is 6.14. The number of nitrogens with zero attached hydrogens (tertiary/aromatic N) is 2. The first kappa shape index (κ1) is 14.2. The minimum absolute atomic E-state index is 0.211. The maximum Gasteiger partial charge on any atom is 0.129 e. The van der Waals surface area contributed by atoms with Crippen molar-refractivity contribution >= 4 is 15.9 Å². The molecule has 3 nitrogen and oxygen atoms in total. The van der Waals surface area contributed by atoms with Crippen molar-refractivity contribution in [3.05, 3.63) is 51.0 Å². The van der Waals surface area contributed by atoms with Crippen molar-refractivity contribution in [1.82, 2.24) is 15.1 Å². The third-order valence-electron chi connectivity index (χ3n) is 3.22. The van der Waals surface area contributed by atoms with Crippen molar-refractivity contribution in [1.29, 1.82) is 0 Å². The van der Waals surface area contributed by atoms with E-state index in [2.05, 4.69) is 26.3 Å². The van der Waals surface area contributed by atoms with Gasteiger partial charge in [-0.2, -0.15) is 5.10 Å². The summed E-state index contributed by atoms with van der Waals surface area (Å²) >= 11 is 3.26. The van der Waals surface area contributed by atoms with Gasteiger partial charge in [0.05, 0.1) is 12.2 Å². The van der Waals surface area contributed by atoms with Crippen molar-refractivity contribution < 1.29 is 4.39 Å². The van der Waals surface area contributed by atoms with E-state index in [4.69, 9.17) is 0 Å². The van der Waals surface area contributed by atoms with Gasteiger partial charge in [-0.05, 0) is 33.0 Å². The van der Waals surface area contributed by atoms with Crippen LogP contribution in [0.3, 0.4) is 0 Å². The van der Waals surface area contributed by atoms with Crippen molar-refractivity contribution in [3.8, 4) is 0 Å². The summed E-state index contributed by atoms with van der Waals surface area (Å²) in [6.07, 6.45) is 0. The van der Waals surface area contributed by atoms with Gasteiger partial charge in [-0.3, -0.25) is 4.68 Å². The number of nitrogens with one attached hydrogen (secondary N) is 1. The average Bonchev–Trinajstić information content (AvgIpc) is 2.61. The third-order valence-corrected chi connectivity index (χ3v) is 3.71. The summed E-state index contributed by atoms with van der Waals surface area (Å²) in [6, 6.07) is 5.11. The molecule has 0 saturated heterocycles. The van der Waals surface area contributed by atoms with Crippen molar-refractivity contribution in [3.63, 3.8) is 0 Å². The zero-order valence-corrected chi connectivity index (χ0v) is 12.9. The fourth-order valence-electron chi connectivity index (χ4n) is 2.13. The summed E-state index contributed by atoms with van der Waals surface area (Å²) in [4.78, 5) is 0. The molecule has 0 bridgehead atoms. The molecule has 0 radical (unpaired) electrons. The number of aromatic nitrogens is 2. The van der Waals surface area contributed by atoms with E-state index >= 15 is 0 Å². The van der Waals surface area contributed by atoms with E-state index in [0.29, 0.717) is 12.1 Å². The molecule has 0 aliphatic heterocycles. The summed E-state index contributed by atoms with van der Waals surface area (Å²) in [5.41, 5.74) is 3.89. The highest BCUT2D eigenvalue weighted by Crippen LogP contribution is 2.18. The maximum absolute atomic E-state index is 13.8. The van der Waals surface area contributed by atoms with Gasteiger partial charge >= 0.3 is 0 Å². The molecular weight excluding hydrogens is 309 g/mol. The van der Waals surface area contributed by atoms with Gasteiger partial charge in [0.2, 0.25) is 0 Å². The van der Waals surface area contributed by atoms with Crippen LogP contribution in [-0.2, 0) is 13.1 Å². The Kier molecular flexibility index (Phi) is 4.37. The van der Waals surface area contributed by atoms with Gasteiger partial charge in [-0.1, -0.05) is 22.0 Å². The van der Waals surface area contributed by atoms with Crippen LogP contribution in [0, 0.1) is 19.7 Å². The second kappa shape index (κ2) is 5.84. The SMILES string of the molecule is CNCc1c(C)nn(Cc2ccc(Br)cc2F)c1C. The zero-order valence-electron chi connectivity index (χ0n) is 11.3. The predicted octanol–water partition coefficient (Wildman–Crippen LogP) is 3.17. The summed E-state index contributed by atoms with van der Waals surface area (Å²) in [6.45, 7) is 5.23. The van der Waals surface area contributed by atoms with Crippen LogP contribution in [0.25, 0.3) is 0 Å². The molecule has 0 spiro atoms. The first-order valence-corrected chi connectivity index (χ1v) is 6.93. The third kappa shape index (κ3) is 3.04. The fourth-order valence-corrected chi connectivity index (χ4v) is 2.46. The lowest BCUT2D eigenvalue weighted by Crippen LogP contribution is -2.09. The van der Waals surface area contributed by atoms with E-state index in [1.807, 2.05) is 31.6 Å². The van der Waals surface area contributed by atoms with E-state index < -0.39 is 0 Å². The Labute approximate surface area is 121 Å². The molecule has 0 aliphatic rings. The molecule has 0 amide bonds. The van der Waals surface area contributed by atoms with Gasteiger partial charge in [0.25, 0.3) is 0 Å². The normalized spacial score (nSPS) is 11.0. The lowest BCUT2D eigenvalue weighted by Gasteiger charge is -2.07. The molecule has 0 unspecified atom stereocenters. The van der Waals surface area contributed by atoms with Crippen LogP contribution in [0.1, 0.15) is 22.5 Å². The van der Waals surface area contributed by atoms with Crippen molar-refractivity contribution in [2.24, 2.45) is 0 Å². The summed E-state index contributed by atoms with van der Waals surface area (Å²) in [7, 11) is 1.91. The molecule has 5 heteroatoms. The number of hydrogen-bond donors (Lipinski definition) is 1. The Hall–Kier alpha value is -1.20. The average molecular weight is 326 g/mol. The highest BCUT2D eigenvalue weighted by atomic mass is 79.9. The van der Waals surface area contributed by atoms with Gasteiger partial charge in [0, 0.05) is 27.8 Å². The van der Waals surface area contributed by atoms with Crippen molar-refractivity contribution in [2.45, 2.75) is 26.9 Å². The number of halogens is 2. The highest BCUT2D eigenvalue weighted by molar-refractivity contribution is 9.10. The van der Waals surface area contributed by atoms with Crippen molar-refractivity contribution in [2.75, 3.05) is 7.05 Å². The monoisotopic (exact) mass is 325 g/mol. The van der Waals surface area contributed by atoms with E-state index in [0.717, 1.165) is 22.4 Å². The quantitative estimate of drug-likeness (QED) is 0.935. The lowest BCUT2D eigenvalue weighted by atomic mass is 10.2. The van der Waals surface area contributed by atoms with E-state index in [1.165, 1.54) is 11.6 Å². The topological polar surface area (TPSA) is 29.9 Å². The molecule has 1 aromatic carbocycles. The molecule has 1 heterocycles. The van der Waals surface area contributed by atoms with E-state index in [1.54, 1.807) is 6.07 Å². The number of rotatable bonds is 4. The Morgan fingerprint density at radius 1 is 1.37 bits per heavy atom. The molecule has 102 valence electrons. The van der Waals surface area contributed by atoms with Crippen LogP contribution >= 0.6 is 15.9 Å². The van der Waals surface area contributed by atoms with Gasteiger partial charge in [0.1, 0.15) is 5.82 Å². The molecule has 0 fully saturated rings. The second-order valence-electron chi connectivity index (χ2n) is 4.57. The second-order valence-corrected chi connectivity index (χ2v) is 5.49. The molecule has 2 aromatic rings. The Morgan fingerprint density at radius 3 is 2.74 bits per heavy atom. The van der Waals surface area contributed by atoms with Gasteiger partial charge in [-0.15, -0.1) is 0 Å². The maximum atomic E-state index is 13.8. The minimum Gasteiger partial charge on any atom is -0.316 e. The summed E-state index contributed by atoms with van der Waals surface area (Å²) in [5.74, 6) is -0.211. The predicted molar refractivity (Wildman–Crippen MR) is 77.7 cm³/mol. The molecular formula is C14H17BrFN3. The Morgan fingerprint density at radius 2 is 2.11 bits per heavy atom. The Bertz CT molecular complexity index is 593. The number of hydrogen-bond acceptors (Lipinski definition) is 2. The fraction of sp³-hybridized carbons (Fsp3) is 0.357. The molecule has 1 N–H and O–H groups in total. The van der Waals surface area contributed by atoms with Crippen LogP contribution in [0.5, 0.6) is 0 Å². The minimum atomic E-state index is -0.211. The summed E-state index contributed by atoms with van der Waals surface area (Å²) in [5, 5.41) is 7.61. The van der Waals surface area contributed by atoms with Crippen LogP contribution in [0.2, 0.25) is 0 Å². The molecule has 2 rings (SSSR count). The van der Waals surface area contributed by atoms with E-state index in [-0.39, 0.29) is 5.82 Å². The van der Waals surface area contributed by atoms with Crippen LogP contribution in [-0.4, -0.2) is 16.8 Å². The smallest absolute Gasteiger partial charge is 0.129 e. The number of aryl methyl sites for hydroxylation is 1. The van der Waals surface area contributed by atoms with E-state index in [9.17, 15) is 4.39 Å². The number of benzene rings is 1. The van der Waals surface area contributed by atoms with Gasteiger partial charge in [-0.25, -0.2) is 4.39 Å². The molecule has 0 saturated carbocycles. The Balaban J connectivity index is 2.31. The largest absolute Gasteiger partial charge is 0.316 e. The van der Waals surface area contributed by atoms with Gasteiger partial charge in [0.15, 0.2) is 0 Å². The lowest BCUT2D eigenvalue weighted by molar-refractivity contribution is 0.577. The molecule has 19 heavy (non-hydrogen) atoms. The highest BCUT2D eigenvalue weighted by Gasteiger charge is 2.12. The van der Waals surface area contributed by atoms with Crippen LogP contribution in [0.4, 0.5) is 4.39 Å². The zero-order chi connectivity index (χ0) is 14.0. The summed E-state index contributed by atoms with van der Waals surface area (Å²) < 4.78 is 16.4. The van der Waals surface area contributed by atoms with Gasteiger partial charge < -0.3 is 5.32 Å². The van der Waals surface area contributed by atoms with Crippen LogP contribution in [0.15, 0.2) is 22.7 Å². The standard InChI is InChI=1S/C14H17BrFN3/c1-9-13(7-17-3)10(2)19(18-9)8-11-4-5-12(15)6-14(11)16/h4-6,17H,7-8H2,1-3H3. The first-order chi connectivity index (χ1) is 9.02. The van der Waals surface area contributed by atoms with Crippen LogP contribution < -0.4 is 5.32 Å². The molecule has 0 atom stereocenters.